The lowest BCUT2D eigenvalue weighted by Gasteiger charge is -2.28. The highest BCUT2D eigenvalue weighted by Crippen LogP contribution is 2.27. The molecule has 1 N–H and O–H groups in total. The predicted octanol–water partition coefficient (Wildman–Crippen LogP) is 4.46. The monoisotopic (exact) mass is 449 g/mol. The first kappa shape index (κ1) is 24.8. The van der Waals surface area contributed by atoms with Crippen molar-refractivity contribution in [3.8, 4) is 0 Å². The molecular formula is C23H35N3O4S. The van der Waals surface area contributed by atoms with Gasteiger partial charge >= 0.3 is 0 Å². The van der Waals surface area contributed by atoms with Crippen LogP contribution in [0, 0.1) is 5.92 Å². The van der Waals surface area contributed by atoms with Crippen molar-refractivity contribution >= 4 is 27.3 Å². The van der Waals surface area contributed by atoms with E-state index in [1.807, 2.05) is 64.0 Å². The summed E-state index contributed by atoms with van der Waals surface area (Å²) in [6.45, 7) is 6.58. The molecule has 0 fully saturated rings. The van der Waals surface area contributed by atoms with E-state index >= 15 is 0 Å². The Morgan fingerprint density at radius 2 is 1.81 bits per heavy atom. The summed E-state index contributed by atoms with van der Waals surface area (Å²) in [5, 5.41) is 0. The van der Waals surface area contributed by atoms with E-state index in [1.165, 1.54) is 0 Å². The molecule has 0 saturated heterocycles. The molecule has 172 valence electrons. The average Bonchev–Trinajstić information content (AvgIpc) is 3.21. The molecule has 0 radical (unpaired) electrons. The van der Waals surface area contributed by atoms with Crippen LogP contribution >= 0.6 is 0 Å². The van der Waals surface area contributed by atoms with Crippen molar-refractivity contribution in [1.82, 2.24) is 4.90 Å². The van der Waals surface area contributed by atoms with Gasteiger partial charge in [-0.05, 0) is 55.2 Å². The van der Waals surface area contributed by atoms with Gasteiger partial charge in [0, 0.05) is 37.9 Å². The Morgan fingerprint density at radius 1 is 1.10 bits per heavy atom. The lowest BCUT2D eigenvalue weighted by Crippen LogP contribution is -2.35. The van der Waals surface area contributed by atoms with Crippen LogP contribution in [0.25, 0.3) is 0 Å². The molecule has 0 aliphatic carbocycles. The topological polar surface area (TPSA) is 82.9 Å². The number of rotatable bonds is 12. The van der Waals surface area contributed by atoms with E-state index in [0.29, 0.717) is 31.0 Å². The van der Waals surface area contributed by atoms with Gasteiger partial charge in [-0.2, -0.15) is 0 Å². The second-order valence-corrected chi connectivity index (χ2v) is 9.79. The van der Waals surface area contributed by atoms with Gasteiger partial charge in [0.05, 0.1) is 18.6 Å². The standard InChI is InChI=1S/C23H35N3O4S/c1-6-14-31(28,29)24-20-11-12-22(25(4)5)19(15-20)16-26(17-21-10-9-13-30-21)23(27)18(7-2)8-3/h9-13,15,18,24H,6-8,14,16-17H2,1-5H3. The van der Waals surface area contributed by atoms with E-state index in [2.05, 4.69) is 4.72 Å². The number of amides is 1. The summed E-state index contributed by atoms with van der Waals surface area (Å²) in [7, 11) is 0.459. The van der Waals surface area contributed by atoms with Crippen LogP contribution in [-0.2, 0) is 27.9 Å². The molecule has 0 atom stereocenters. The molecule has 7 nitrogen and oxygen atoms in total. The minimum atomic E-state index is -3.40. The number of carbonyl (C=O) groups excluding carboxylic acids is 1. The molecule has 2 aromatic rings. The Morgan fingerprint density at radius 3 is 2.35 bits per heavy atom. The molecule has 0 bridgehead atoms. The number of sulfonamides is 1. The highest BCUT2D eigenvalue weighted by atomic mass is 32.2. The third kappa shape index (κ3) is 7.02. The van der Waals surface area contributed by atoms with E-state index in [9.17, 15) is 13.2 Å². The fourth-order valence-corrected chi connectivity index (χ4v) is 4.74. The van der Waals surface area contributed by atoms with Crippen molar-refractivity contribution in [2.45, 2.75) is 53.1 Å². The highest BCUT2D eigenvalue weighted by molar-refractivity contribution is 7.92. The molecule has 1 aromatic heterocycles. The SMILES string of the molecule is CCCS(=O)(=O)Nc1ccc(N(C)C)c(CN(Cc2ccco2)C(=O)C(CC)CC)c1. The molecule has 8 heteroatoms. The number of furan rings is 1. The molecule has 1 heterocycles. The summed E-state index contributed by atoms with van der Waals surface area (Å²) in [6, 6.07) is 9.12. The number of carbonyl (C=O) groups is 1. The first-order chi connectivity index (χ1) is 14.7. The molecule has 0 aliphatic heterocycles. The number of hydrogen-bond donors (Lipinski definition) is 1. The Hall–Kier alpha value is -2.48. The Kier molecular flexibility index (Phi) is 8.98. The number of benzene rings is 1. The first-order valence-electron chi connectivity index (χ1n) is 10.8. The van der Waals surface area contributed by atoms with Gasteiger partial charge in [0.1, 0.15) is 5.76 Å². The van der Waals surface area contributed by atoms with Gasteiger partial charge in [-0.1, -0.05) is 20.8 Å². The predicted molar refractivity (Wildman–Crippen MR) is 126 cm³/mol. The Balaban J connectivity index is 2.40. The summed E-state index contributed by atoms with van der Waals surface area (Å²) in [5.74, 6) is 0.785. The zero-order valence-corrected chi connectivity index (χ0v) is 20.0. The van der Waals surface area contributed by atoms with E-state index in [4.69, 9.17) is 4.42 Å². The van der Waals surface area contributed by atoms with Gasteiger partial charge < -0.3 is 14.2 Å². The molecular weight excluding hydrogens is 414 g/mol. The second kappa shape index (κ2) is 11.2. The fourth-order valence-electron chi connectivity index (χ4n) is 3.62. The molecule has 1 amide bonds. The van der Waals surface area contributed by atoms with Gasteiger partial charge in [-0.25, -0.2) is 8.42 Å². The van der Waals surface area contributed by atoms with Crippen molar-refractivity contribution in [2.75, 3.05) is 29.5 Å². The summed E-state index contributed by atoms with van der Waals surface area (Å²) < 4.78 is 32.6. The maximum Gasteiger partial charge on any atom is 0.232 e. The Labute approximate surface area is 186 Å². The van der Waals surface area contributed by atoms with E-state index in [-0.39, 0.29) is 17.6 Å². The van der Waals surface area contributed by atoms with Crippen LogP contribution in [0.1, 0.15) is 51.4 Å². The molecule has 1 aromatic carbocycles. The molecule has 31 heavy (non-hydrogen) atoms. The lowest BCUT2D eigenvalue weighted by molar-refractivity contribution is -0.137. The number of nitrogens with zero attached hydrogens (tertiary/aromatic N) is 2. The zero-order valence-electron chi connectivity index (χ0n) is 19.2. The molecule has 0 saturated carbocycles. The molecule has 0 aliphatic rings. The van der Waals surface area contributed by atoms with E-state index < -0.39 is 10.0 Å². The largest absolute Gasteiger partial charge is 0.467 e. The number of nitrogens with one attached hydrogen (secondary N) is 1. The second-order valence-electron chi connectivity index (χ2n) is 7.95. The van der Waals surface area contributed by atoms with Crippen LogP contribution in [0.15, 0.2) is 41.0 Å². The zero-order chi connectivity index (χ0) is 23.0. The Bertz CT molecular complexity index is 936. The van der Waals surface area contributed by atoms with Gasteiger partial charge in [0.15, 0.2) is 0 Å². The third-order valence-corrected chi connectivity index (χ3v) is 6.73. The third-order valence-electron chi connectivity index (χ3n) is 5.24. The summed E-state index contributed by atoms with van der Waals surface area (Å²) in [5.41, 5.74) is 2.30. The van der Waals surface area contributed by atoms with Crippen molar-refractivity contribution < 1.29 is 17.6 Å². The highest BCUT2D eigenvalue weighted by Gasteiger charge is 2.24. The maximum absolute atomic E-state index is 13.3. The fraction of sp³-hybridized carbons (Fsp3) is 0.522. The van der Waals surface area contributed by atoms with Crippen molar-refractivity contribution in [2.24, 2.45) is 5.92 Å². The van der Waals surface area contributed by atoms with Crippen LogP contribution in [0.5, 0.6) is 0 Å². The first-order valence-corrected chi connectivity index (χ1v) is 12.5. The minimum Gasteiger partial charge on any atom is -0.467 e. The van der Waals surface area contributed by atoms with Gasteiger partial charge in [-0.3, -0.25) is 9.52 Å². The lowest BCUT2D eigenvalue weighted by atomic mass is 10.0. The molecule has 0 spiro atoms. The average molecular weight is 450 g/mol. The van der Waals surface area contributed by atoms with E-state index in [0.717, 1.165) is 24.1 Å². The van der Waals surface area contributed by atoms with Crippen molar-refractivity contribution in [1.29, 1.82) is 0 Å². The van der Waals surface area contributed by atoms with Crippen LogP contribution in [0.2, 0.25) is 0 Å². The summed E-state index contributed by atoms with van der Waals surface area (Å²) >= 11 is 0. The van der Waals surface area contributed by atoms with Crippen LogP contribution in [0.4, 0.5) is 11.4 Å². The quantitative estimate of drug-likeness (QED) is 0.517. The van der Waals surface area contributed by atoms with Crippen LogP contribution < -0.4 is 9.62 Å². The normalized spacial score (nSPS) is 11.5. The maximum atomic E-state index is 13.3. The summed E-state index contributed by atoms with van der Waals surface area (Å²) in [4.78, 5) is 17.0. The minimum absolute atomic E-state index is 0.0650. The number of hydrogen-bond acceptors (Lipinski definition) is 5. The van der Waals surface area contributed by atoms with Gasteiger partial charge in [-0.15, -0.1) is 0 Å². The van der Waals surface area contributed by atoms with Gasteiger partial charge in [0.25, 0.3) is 0 Å². The number of anilines is 2. The molecule has 2 rings (SSSR count). The smallest absolute Gasteiger partial charge is 0.232 e. The summed E-state index contributed by atoms with van der Waals surface area (Å²) in [6.07, 6.45) is 3.67. The van der Waals surface area contributed by atoms with Crippen molar-refractivity contribution in [3.63, 3.8) is 0 Å². The van der Waals surface area contributed by atoms with Crippen LogP contribution in [-0.4, -0.2) is 39.1 Å². The van der Waals surface area contributed by atoms with Crippen LogP contribution in [0.3, 0.4) is 0 Å². The molecule has 0 unspecified atom stereocenters. The van der Waals surface area contributed by atoms with Gasteiger partial charge in [0.2, 0.25) is 15.9 Å². The van der Waals surface area contributed by atoms with E-state index in [1.54, 1.807) is 17.2 Å². The van der Waals surface area contributed by atoms with Crippen molar-refractivity contribution in [3.05, 3.63) is 47.9 Å².